The van der Waals surface area contributed by atoms with Crippen LogP contribution in [0.15, 0.2) is 47.3 Å². The van der Waals surface area contributed by atoms with E-state index in [1.165, 1.54) is 34.1 Å². The van der Waals surface area contributed by atoms with Crippen LogP contribution in [0.2, 0.25) is 0 Å². The molecule has 1 aliphatic rings. The van der Waals surface area contributed by atoms with Crippen LogP contribution in [0.5, 0.6) is 11.5 Å². The van der Waals surface area contributed by atoms with Crippen LogP contribution in [-0.2, 0) is 16.1 Å². The van der Waals surface area contributed by atoms with Gasteiger partial charge in [-0.2, -0.15) is 0 Å². The molecule has 6 nitrogen and oxygen atoms in total. The number of esters is 1. The van der Waals surface area contributed by atoms with E-state index < -0.39 is 5.97 Å². The highest BCUT2D eigenvalue weighted by atomic mass is 32.1. The minimum atomic E-state index is -0.525. The molecule has 0 amide bonds. The number of aromatic nitrogens is 1. The SMILES string of the molecule is CCOC(=O)C=c1sc(=Cc2ccc3c(c2)OCCO3)c(=O)n1Cc1ccc(F)cc1. The van der Waals surface area contributed by atoms with Crippen molar-refractivity contribution in [3.8, 4) is 11.5 Å². The number of carbonyl (C=O) groups is 1. The Bertz CT molecular complexity index is 1280. The van der Waals surface area contributed by atoms with E-state index in [0.717, 1.165) is 11.1 Å². The second-order valence-corrected chi connectivity index (χ2v) is 7.83. The molecule has 0 saturated carbocycles. The molecule has 0 N–H and O–H groups in total. The summed E-state index contributed by atoms with van der Waals surface area (Å²) in [6, 6.07) is 11.3. The van der Waals surface area contributed by atoms with Crippen LogP contribution < -0.4 is 24.2 Å². The van der Waals surface area contributed by atoms with E-state index >= 15 is 0 Å². The summed E-state index contributed by atoms with van der Waals surface area (Å²) in [5.41, 5.74) is 1.27. The fraction of sp³-hybridized carbons (Fsp3) is 0.217. The number of nitrogens with zero attached hydrogens (tertiary/aromatic N) is 1. The molecule has 0 saturated heterocycles. The van der Waals surface area contributed by atoms with Crippen LogP contribution in [0.1, 0.15) is 18.1 Å². The van der Waals surface area contributed by atoms with E-state index in [-0.39, 0.29) is 24.5 Å². The van der Waals surface area contributed by atoms with Crippen molar-refractivity contribution in [2.75, 3.05) is 19.8 Å². The maximum absolute atomic E-state index is 13.2. The van der Waals surface area contributed by atoms with Gasteiger partial charge in [0.05, 0.1) is 23.8 Å². The first-order valence-electron chi connectivity index (χ1n) is 9.77. The van der Waals surface area contributed by atoms with Gasteiger partial charge in [-0.25, -0.2) is 9.18 Å². The molecule has 0 radical (unpaired) electrons. The highest BCUT2D eigenvalue weighted by Crippen LogP contribution is 2.30. The van der Waals surface area contributed by atoms with Crippen molar-refractivity contribution in [2.24, 2.45) is 0 Å². The number of benzene rings is 2. The van der Waals surface area contributed by atoms with Crippen molar-refractivity contribution in [1.82, 2.24) is 4.57 Å². The number of carbonyl (C=O) groups excluding carboxylic acids is 1. The average Bonchev–Trinajstić information content (AvgIpc) is 3.04. The van der Waals surface area contributed by atoms with E-state index in [4.69, 9.17) is 14.2 Å². The molecule has 0 fully saturated rings. The second-order valence-electron chi connectivity index (χ2n) is 6.77. The number of rotatable bonds is 5. The second kappa shape index (κ2) is 9.18. The number of ether oxygens (including phenoxy) is 3. The largest absolute Gasteiger partial charge is 0.486 e. The molecule has 3 aromatic rings. The zero-order valence-electron chi connectivity index (χ0n) is 16.8. The number of hydrogen-bond acceptors (Lipinski definition) is 6. The Labute approximate surface area is 181 Å². The van der Waals surface area contributed by atoms with Crippen LogP contribution in [0.25, 0.3) is 12.2 Å². The lowest BCUT2D eigenvalue weighted by molar-refractivity contribution is -0.135. The van der Waals surface area contributed by atoms with Gasteiger partial charge in [0.25, 0.3) is 5.56 Å². The van der Waals surface area contributed by atoms with Gasteiger partial charge in [0.15, 0.2) is 11.5 Å². The Kier molecular flexibility index (Phi) is 6.18. The van der Waals surface area contributed by atoms with Gasteiger partial charge in [-0.3, -0.25) is 9.36 Å². The first kappa shape index (κ1) is 20.9. The van der Waals surface area contributed by atoms with Crippen LogP contribution in [-0.4, -0.2) is 30.4 Å². The number of hydrogen-bond donors (Lipinski definition) is 0. The third kappa shape index (κ3) is 4.86. The smallest absolute Gasteiger partial charge is 0.333 e. The maximum atomic E-state index is 13.2. The monoisotopic (exact) mass is 441 g/mol. The fourth-order valence-electron chi connectivity index (χ4n) is 3.15. The lowest BCUT2D eigenvalue weighted by Crippen LogP contribution is -2.32. The first-order valence-corrected chi connectivity index (χ1v) is 10.6. The predicted molar refractivity (Wildman–Crippen MR) is 115 cm³/mol. The molecule has 0 atom stereocenters. The zero-order chi connectivity index (χ0) is 21.8. The summed E-state index contributed by atoms with van der Waals surface area (Å²) in [5.74, 6) is 0.413. The van der Waals surface area contributed by atoms with Crippen molar-refractivity contribution in [2.45, 2.75) is 13.5 Å². The van der Waals surface area contributed by atoms with E-state index in [0.29, 0.717) is 33.9 Å². The molecule has 160 valence electrons. The molecular formula is C23H20FNO5S. The van der Waals surface area contributed by atoms with Gasteiger partial charge < -0.3 is 14.2 Å². The highest BCUT2D eigenvalue weighted by molar-refractivity contribution is 7.07. The van der Waals surface area contributed by atoms with Crippen LogP contribution in [0.4, 0.5) is 4.39 Å². The molecule has 4 rings (SSSR count). The van der Waals surface area contributed by atoms with Crippen LogP contribution in [0, 0.1) is 5.82 Å². The Morgan fingerprint density at radius 2 is 1.90 bits per heavy atom. The minimum absolute atomic E-state index is 0.204. The number of fused-ring (bicyclic) bond motifs is 1. The summed E-state index contributed by atoms with van der Waals surface area (Å²) in [6.45, 7) is 3.13. The van der Waals surface area contributed by atoms with Crippen molar-refractivity contribution in [3.63, 3.8) is 0 Å². The summed E-state index contributed by atoms with van der Waals surface area (Å²) in [7, 11) is 0. The molecule has 0 aliphatic carbocycles. The fourth-order valence-corrected chi connectivity index (χ4v) is 4.18. The maximum Gasteiger partial charge on any atom is 0.333 e. The van der Waals surface area contributed by atoms with Crippen molar-refractivity contribution < 1.29 is 23.4 Å². The van der Waals surface area contributed by atoms with Gasteiger partial charge in [-0.05, 0) is 48.4 Å². The Hall–Kier alpha value is -3.39. The van der Waals surface area contributed by atoms with Crippen molar-refractivity contribution in [1.29, 1.82) is 0 Å². The van der Waals surface area contributed by atoms with Crippen LogP contribution in [0.3, 0.4) is 0 Å². The lowest BCUT2D eigenvalue weighted by atomic mass is 10.2. The molecule has 8 heteroatoms. The summed E-state index contributed by atoms with van der Waals surface area (Å²) in [4.78, 5) is 25.2. The van der Waals surface area contributed by atoms with Crippen molar-refractivity contribution in [3.05, 3.63) is 79.0 Å². The topological polar surface area (TPSA) is 66.8 Å². The molecule has 0 spiro atoms. The van der Waals surface area contributed by atoms with E-state index in [2.05, 4.69) is 0 Å². The summed E-state index contributed by atoms with van der Waals surface area (Å²) in [5, 5.41) is 0. The van der Waals surface area contributed by atoms with Gasteiger partial charge in [0, 0.05) is 0 Å². The minimum Gasteiger partial charge on any atom is -0.486 e. The van der Waals surface area contributed by atoms with Gasteiger partial charge in [-0.1, -0.05) is 18.2 Å². The molecule has 1 aromatic heterocycles. The quantitative estimate of drug-likeness (QED) is 0.567. The van der Waals surface area contributed by atoms with E-state index in [9.17, 15) is 14.0 Å². The Morgan fingerprint density at radius 3 is 2.65 bits per heavy atom. The highest BCUT2D eigenvalue weighted by Gasteiger charge is 2.12. The Balaban J connectivity index is 1.79. The van der Waals surface area contributed by atoms with Gasteiger partial charge >= 0.3 is 5.97 Å². The average molecular weight is 441 g/mol. The van der Waals surface area contributed by atoms with Gasteiger partial charge in [0.2, 0.25) is 0 Å². The molecule has 0 unspecified atom stereocenters. The van der Waals surface area contributed by atoms with E-state index in [1.807, 2.05) is 12.1 Å². The predicted octanol–water partition coefficient (Wildman–Crippen LogP) is 2.04. The standard InChI is InChI=1S/C23H20FNO5S/c1-2-28-22(26)13-21-25(14-15-3-6-17(24)7-4-15)23(27)20(31-21)12-16-5-8-18-19(11-16)30-10-9-29-18/h3-8,11-13H,2,9-10,14H2,1H3. The van der Waals surface area contributed by atoms with Gasteiger partial charge in [0.1, 0.15) is 23.7 Å². The third-order valence-corrected chi connectivity index (χ3v) is 5.64. The molecule has 0 bridgehead atoms. The normalized spacial score (nSPS) is 14.0. The first-order chi connectivity index (χ1) is 15.0. The van der Waals surface area contributed by atoms with E-state index in [1.54, 1.807) is 31.2 Å². The molecule has 1 aliphatic heterocycles. The summed E-state index contributed by atoms with van der Waals surface area (Å²) in [6.07, 6.45) is 3.05. The summed E-state index contributed by atoms with van der Waals surface area (Å²) < 4.78 is 31.8. The van der Waals surface area contributed by atoms with Crippen LogP contribution >= 0.6 is 11.3 Å². The molecular weight excluding hydrogens is 421 g/mol. The number of thiazole rings is 1. The van der Waals surface area contributed by atoms with Crippen molar-refractivity contribution >= 4 is 29.5 Å². The summed E-state index contributed by atoms with van der Waals surface area (Å²) >= 11 is 1.19. The van der Waals surface area contributed by atoms with Gasteiger partial charge in [-0.15, -0.1) is 11.3 Å². The zero-order valence-corrected chi connectivity index (χ0v) is 17.6. The lowest BCUT2D eigenvalue weighted by Gasteiger charge is -2.18. The molecule has 31 heavy (non-hydrogen) atoms. The third-order valence-electron chi connectivity index (χ3n) is 4.58. The molecule has 2 aromatic carbocycles. The number of halogens is 1. The Morgan fingerprint density at radius 1 is 1.16 bits per heavy atom. The molecule has 2 heterocycles.